The molecule has 5 aliphatic rings. The Balaban J connectivity index is 1.02. The van der Waals surface area contributed by atoms with Crippen LogP contribution < -0.4 is 9.47 Å². The van der Waals surface area contributed by atoms with Gasteiger partial charge in [-0.3, -0.25) is 28.8 Å². The molecule has 408 valence electrons. The Morgan fingerprint density at radius 3 is 1.16 bits per heavy atom. The number of benzene rings is 1. The fraction of sp³-hybridized carbons (Fsp3) is 0.528. The first-order valence-electron chi connectivity index (χ1n) is 25.0. The van der Waals surface area contributed by atoms with Crippen molar-refractivity contribution in [1.29, 1.82) is 5.26 Å². The molecule has 1 aromatic carbocycles. The van der Waals surface area contributed by atoms with E-state index in [1.54, 1.807) is 0 Å². The lowest BCUT2D eigenvalue weighted by atomic mass is 9.82. The maximum absolute atomic E-state index is 13.7. The molecule has 0 spiro atoms. The largest absolute Gasteiger partial charge is 0.462 e. The van der Waals surface area contributed by atoms with Gasteiger partial charge in [-0.2, -0.15) is 5.26 Å². The molecule has 23 heteroatoms. The summed E-state index contributed by atoms with van der Waals surface area (Å²) < 4.78 is 53.3. The number of carbonyl (C=O) groups is 10. The highest BCUT2D eigenvalue weighted by molar-refractivity contribution is 8.24. The van der Waals surface area contributed by atoms with Gasteiger partial charge in [-0.05, 0) is 115 Å². The van der Waals surface area contributed by atoms with Gasteiger partial charge in [0.2, 0.25) is 13.6 Å². The van der Waals surface area contributed by atoms with Crippen LogP contribution in [0, 0.1) is 46.8 Å². The van der Waals surface area contributed by atoms with Crippen molar-refractivity contribution in [2.24, 2.45) is 35.5 Å². The van der Waals surface area contributed by atoms with E-state index in [-0.39, 0.29) is 40.9 Å². The van der Waals surface area contributed by atoms with Crippen molar-refractivity contribution in [1.82, 2.24) is 0 Å². The van der Waals surface area contributed by atoms with Crippen LogP contribution in [0.3, 0.4) is 0 Å². The van der Waals surface area contributed by atoms with Crippen molar-refractivity contribution in [2.45, 2.75) is 125 Å². The van der Waals surface area contributed by atoms with E-state index in [1.165, 1.54) is 12.1 Å². The van der Waals surface area contributed by atoms with Gasteiger partial charge < -0.3 is 47.4 Å². The second-order valence-electron chi connectivity index (χ2n) is 18.5. The quantitative estimate of drug-likeness (QED) is 0.0228. The highest BCUT2D eigenvalue weighted by Gasteiger charge is 2.39. The van der Waals surface area contributed by atoms with Crippen molar-refractivity contribution in [3.05, 3.63) is 59.9 Å². The van der Waals surface area contributed by atoms with Crippen molar-refractivity contribution in [2.75, 3.05) is 26.8 Å². The zero-order valence-corrected chi connectivity index (χ0v) is 43.3. The summed E-state index contributed by atoms with van der Waals surface area (Å²) in [6.45, 7) is 8.17. The molecule has 21 nitrogen and oxygen atoms in total. The molecule has 0 bridgehead atoms. The molecule has 76 heavy (non-hydrogen) atoms. The highest BCUT2D eigenvalue weighted by Crippen LogP contribution is 2.59. The Labute approximate surface area is 446 Å². The first kappa shape index (κ1) is 58.3. The van der Waals surface area contributed by atoms with Crippen molar-refractivity contribution in [3.63, 3.8) is 0 Å². The fourth-order valence-corrected chi connectivity index (χ4v) is 11.8. The van der Waals surface area contributed by atoms with E-state index in [0.29, 0.717) is 113 Å². The van der Waals surface area contributed by atoms with Crippen LogP contribution in [0.2, 0.25) is 0 Å². The van der Waals surface area contributed by atoms with Crippen LogP contribution in [0.15, 0.2) is 69.7 Å². The second-order valence-corrected chi connectivity index (χ2v) is 20.8. The number of esters is 10. The molecule has 0 N–H and O–H groups in total. The van der Waals surface area contributed by atoms with Crippen LogP contribution in [0.5, 0.6) is 11.5 Å². The lowest BCUT2D eigenvalue weighted by Gasteiger charge is -2.30. The number of rotatable bonds is 21. The third-order valence-corrected chi connectivity index (χ3v) is 16.2. The molecule has 4 aliphatic carbocycles. The summed E-state index contributed by atoms with van der Waals surface area (Å²) in [5.74, 6) is -8.71. The van der Waals surface area contributed by atoms with Gasteiger partial charge >= 0.3 is 59.7 Å². The lowest BCUT2D eigenvalue weighted by Crippen LogP contribution is -2.33. The summed E-state index contributed by atoms with van der Waals surface area (Å²) in [5.41, 5.74) is -0.393. The number of thioether (sulfide) groups is 2. The van der Waals surface area contributed by atoms with Gasteiger partial charge in [-0.15, -0.1) is 0 Å². The van der Waals surface area contributed by atoms with Gasteiger partial charge in [0.1, 0.15) is 43.0 Å². The Morgan fingerprint density at radius 1 is 0.461 bits per heavy atom. The third-order valence-electron chi connectivity index (χ3n) is 13.6. The number of nitriles is 1. The SMILES string of the molecule is C=CC(=O)OCCOC(=O)C(C#N)=C1Sc2c(OC(=O)C3CCC(OC(=O)C4CCC(C(=O)OCOC(=O)C=C)CC4)CC3)ccc(OC(=O)C3CCC(OC(=O)C4CCC(C(=O)OCOC(=O)C=C)CC4)CC3)c2S1. The Bertz CT molecular complexity index is 2350. The Kier molecular flexibility index (Phi) is 22.1. The zero-order chi connectivity index (χ0) is 54.7. The third kappa shape index (κ3) is 16.5. The Morgan fingerprint density at radius 2 is 0.789 bits per heavy atom. The van der Waals surface area contributed by atoms with Crippen LogP contribution in [-0.4, -0.2) is 98.7 Å². The van der Waals surface area contributed by atoms with E-state index in [0.717, 1.165) is 41.8 Å². The van der Waals surface area contributed by atoms with E-state index >= 15 is 0 Å². The van der Waals surface area contributed by atoms with Crippen molar-refractivity contribution >= 4 is 83.2 Å². The minimum absolute atomic E-state index is 0.0855. The molecule has 1 aliphatic heterocycles. The normalized spacial score (nSPS) is 23.7. The maximum atomic E-state index is 13.7. The molecule has 0 unspecified atom stereocenters. The summed E-state index contributed by atoms with van der Waals surface area (Å²) >= 11 is 1.89. The molecule has 4 fully saturated rings. The minimum Gasteiger partial charge on any atom is -0.462 e. The number of hydrogen-bond donors (Lipinski definition) is 0. The Hall–Kier alpha value is -6.93. The van der Waals surface area contributed by atoms with E-state index in [2.05, 4.69) is 19.7 Å². The first-order valence-corrected chi connectivity index (χ1v) is 26.6. The number of carbonyl (C=O) groups excluding carboxylic acids is 10. The summed E-state index contributed by atoms with van der Waals surface area (Å²) in [7, 11) is 0. The molecule has 0 amide bonds. The number of ether oxygens (including phenoxy) is 10. The van der Waals surface area contributed by atoms with E-state index in [4.69, 9.17) is 47.4 Å². The van der Waals surface area contributed by atoms with E-state index in [1.807, 2.05) is 6.07 Å². The van der Waals surface area contributed by atoms with E-state index < -0.39 is 115 Å². The summed E-state index contributed by atoms with van der Waals surface area (Å²) in [6, 6.07) is 4.78. The van der Waals surface area contributed by atoms with Crippen LogP contribution in [-0.2, 0) is 85.8 Å². The average molecular weight is 1090 g/mol. The highest BCUT2D eigenvalue weighted by atomic mass is 32.2. The molecule has 1 heterocycles. The molecule has 0 aromatic heterocycles. The number of hydrogen-bond acceptors (Lipinski definition) is 23. The minimum atomic E-state index is -1.01. The number of nitrogens with zero attached hydrogens (tertiary/aromatic N) is 1. The summed E-state index contributed by atoms with van der Waals surface area (Å²) in [5, 5.41) is 10.1. The number of fused-ring (bicyclic) bond motifs is 1. The van der Waals surface area contributed by atoms with Gasteiger partial charge in [0.15, 0.2) is 5.57 Å². The molecular weight excluding hydrogens is 1030 g/mol. The predicted molar refractivity (Wildman–Crippen MR) is 263 cm³/mol. The van der Waals surface area contributed by atoms with Gasteiger partial charge in [-0.1, -0.05) is 43.3 Å². The summed E-state index contributed by atoms with van der Waals surface area (Å²) in [6.07, 6.45) is 8.27. The average Bonchev–Trinajstić information content (AvgIpc) is 3.90. The zero-order valence-electron chi connectivity index (χ0n) is 41.7. The molecule has 4 saturated carbocycles. The monoisotopic (exact) mass is 1090 g/mol. The standard InChI is InChI=1S/C53H59NO20S2/c1-4-41(55)65-25-26-66-52(64)38(27-54)53-75-44-39(73-50(62)34-15-19-36(20-16-34)71-48(60)32-11-7-30(8-12-32)46(58)69-28-67-42(56)5-2)23-24-40(45(44)76-53)74-51(63)35-17-21-37(22-18-35)72-49(61)33-13-9-31(10-14-33)47(59)70-29-68-43(57)6-3/h4-6,23-24,30-37H,1-3,7-22,25-26,28-29H2. The molecular formula is C53H59NO20S2. The molecule has 0 saturated heterocycles. The van der Waals surface area contributed by atoms with E-state index in [9.17, 15) is 53.2 Å². The van der Waals surface area contributed by atoms with Crippen molar-refractivity contribution < 1.29 is 95.3 Å². The first-order chi connectivity index (χ1) is 36.6. The predicted octanol–water partition coefficient (Wildman–Crippen LogP) is 6.98. The van der Waals surface area contributed by atoms with Crippen molar-refractivity contribution in [3.8, 4) is 17.6 Å². The van der Waals surface area contributed by atoms with Crippen LogP contribution in [0.1, 0.15) is 103 Å². The van der Waals surface area contributed by atoms with Crippen LogP contribution >= 0.6 is 23.5 Å². The fourth-order valence-electron chi connectivity index (χ4n) is 9.28. The molecule has 0 radical (unpaired) electrons. The van der Waals surface area contributed by atoms with Gasteiger partial charge in [0.25, 0.3) is 0 Å². The summed E-state index contributed by atoms with van der Waals surface area (Å²) in [4.78, 5) is 126. The second kappa shape index (κ2) is 28.8. The van der Waals surface area contributed by atoms with Gasteiger partial charge in [0, 0.05) is 18.2 Å². The van der Waals surface area contributed by atoms with Crippen LogP contribution in [0.25, 0.3) is 0 Å². The van der Waals surface area contributed by atoms with Crippen LogP contribution in [0.4, 0.5) is 0 Å². The lowest BCUT2D eigenvalue weighted by molar-refractivity contribution is -0.171. The molecule has 1 aromatic rings. The molecule has 6 rings (SSSR count). The topological polar surface area (TPSA) is 287 Å². The van der Waals surface area contributed by atoms with Gasteiger partial charge in [0.05, 0.1) is 49.5 Å². The maximum Gasteiger partial charge on any atom is 0.350 e. The molecule has 0 atom stereocenters. The van der Waals surface area contributed by atoms with Gasteiger partial charge in [-0.25, -0.2) is 19.2 Å². The smallest absolute Gasteiger partial charge is 0.350 e.